The summed E-state index contributed by atoms with van der Waals surface area (Å²) < 4.78 is 5.08. The van der Waals surface area contributed by atoms with E-state index in [-0.39, 0.29) is 12.5 Å². The van der Waals surface area contributed by atoms with Gasteiger partial charge in [0.25, 0.3) is 0 Å². The Kier molecular flexibility index (Phi) is 3.67. The molecule has 20 heavy (non-hydrogen) atoms. The Morgan fingerprint density at radius 1 is 1.20 bits per heavy atom. The number of amides is 1. The predicted octanol–water partition coefficient (Wildman–Crippen LogP) is 1.73. The number of rotatable bonds is 3. The number of fused-ring (bicyclic) bond motifs is 1. The van der Waals surface area contributed by atoms with Crippen molar-refractivity contribution in [2.24, 2.45) is 0 Å². The Balaban J connectivity index is 1.77. The van der Waals surface area contributed by atoms with Gasteiger partial charge in [-0.3, -0.25) is 4.79 Å². The number of carbonyl (C=O) groups excluding carboxylic acids is 1. The molecule has 0 aromatic heterocycles. The van der Waals surface area contributed by atoms with Crippen LogP contribution in [0.5, 0.6) is 0 Å². The van der Waals surface area contributed by atoms with Gasteiger partial charge in [0.05, 0.1) is 19.3 Å². The highest BCUT2D eigenvalue weighted by Gasteiger charge is 2.21. The largest absolute Gasteiger partial charge is 0.387 e. The summed E-state index contributed by atoms with van der Waals surface area (Å²) in [6.45, 7) is 1.52. The fourth-order valence-electron chi connectivity index (χ4n) is 2.47. The first-order chi connectivity index (χ1) is 9.74. The van der Waals surface area contributed by atoms with Gasteiger partial charge in [0.15, 0.2) is 0 Å². The van der Waals surface area contributed by atoms with Crippen LogP contribution < -0.4 is 0 Å². The summed E-state index contributed by atoms with van der Waals surface area (Å²) in [5.41, 5.74) is 0.836. The van der Waals surface area contributed by atoms with Crippen LogP contribution in [0.25, 0.3) is 10.8 Å². The Hall–Kier alpha value is -1.91. The summed E-state index contributed by atoms with van der Waals surface area (Å²) in [7, 11) is 0. The minimum absolute atomic E-state index is 0.0592. The minimum Gasteiger partial charge on any atom is -0.387 e. The zero-order chi connectivity index (χ0) is 13.9. The fourth-order valence-corrected chi connectivity index (χ4v) is 2.47. The van der Waals surface area contributed by atoms with Gasteiger partial charge >= 0.3 is 0 Å². The molecule has 1 fully saturated rings. The van der Waals surface area contributed by atoms with Crippen molar-refractivity contribution in [1.29, 1.82) is 0 Å². The summed E-state index contributed by atoms with van der Waals surface area (Å²) in [5, 5.41) is 12.6. The van der Waals surface area contributed by atoms with Gasteiger partial charge in [0, 0.05) is 6.54 Å². The van der Waals surface area contributed by atoms with Gasteiger partial charge in [-0.15, -0.1) is 0 Å². The van der Waals surface area contributed by atoms with Crippen LogP contribution in [0.2, 0.25) is 0 Å². The van der Waals surface area contributed by atoms with Gasteiger partial charge in [-0.1, -0.05) is 36.4 Å². The first kappa shape index (κ1) is 13.1. The molecule has 1 amide bonds. The average Bonchev–Trinajstić information content (AvgIpc) is 2.49. The lowest BCUT2D eigenvalue weighted by molar-refractivity contribution is -0.144. The van der Waals surface area contributed by atoms with Gasteiger partial charge in [-0.25, -0.2) is 0 Å². The molecule has 1 aliphatic heterocycles. The highest BCUT2D eigenvalue weighted by atomic mass is 16.5. The van der Waals surface area contributed by atoms with Gasteiger partial charge < -0.3 is 14.7 Å². The van der Waals surface area contributed by atoms with Crippen molar-refractivity contribution in [3.05, 3.63) is 48.0 Å². The minimum atomic E-state index is -0.665. The van der Waals surface area contributed by atoms with Crippen LogP contribution >= 0.6 is 0 Å². The number of aliphatic hydroxyl groups excluding tert-OH is 1. The molecule has 0 saturated carbocycles. The van der Waals surface area contributed by atoms with Gasteiger partial charge in [0.1, 0.15) is 6.61 Å². The van der Waals surface area contributed by atoms with E-state index in [1.54, 1.807) is 4.90 Å². The number of morpholine rings is 1. The molecule has 0 radical (unpaired) electrons. The Bertz CT molecular complexity index is 626. The molecule has 1 aliphatic rings. The first-order valence-electron chi connectivity index (χ1n) is 6.76. The standard InChI is InChI=1S/C16H17NO3/c18-15(10-17-7-8-20-11-16(17)19)14-6-5-12-3-1-2-4-13(12)9-14/h1-6,9,15,18H,7-8,10-11H2. The molecular weight excluding hydrogens is 254 g/mol. The molecule has 2 aromatic carbocycles. The van der Waals surface area contributed by atoms with E-state index in [0.29, 0.717) is 19.7 Å². The van der Waals surface area contributed by atoms with Gasteiger partial charge in [-0.2, -0.15) is 0 Å². The van der Waals surface area contributed by atoms with Crippen molar-refractivity contribution in [2.75, 3.05) is 26.3 Å². The first-order valence-corrected chi connectivity index (χ1v) is 6.76. The highest BCUT2D eigenvalue weighted by Crippen LogP contribution is 2.21. The molecule has 1 saturated heterocycles. The second-order valence-corrected chi connectivity index (χ2v) is 5.01. The van der Waals surface area contributed by atoms with E-state index >= 15 is 0 Å². The van der Waals surface area contributed by atoms with Crippen LogP contribution in [0.4, 0.5) is 0 Å². The summed E-state index contributed by atoms with van der Waals surface area (Å²) in [5.74, 6) is -0.0592. The second kappa shape index (κ2) is 5.61. The van der Waals surface area contributed by atoms with Gasteiger partial charge in [-0.05, 0) is 22.4 Å². The van der Waals surface area contributed by atoms with Crippen LogP contribution in [0.15, 0.2) is 42.5 Å². The highest BCUT2D eigenvalue weighted by molar-refractivity contribution is 5.83. The van der Waals surface area contributed by atoms with E-state index in [4.69, 9.17) is 4.74 Å². The number of β-amino-alcohol motifs (C(OH)–C–C–N with tert-alkyl or cyclic N) is 1. The second-order valence-electron chi connectivity index (χ2n) is 5.01. The maximum absolute atomic E-state index is 11.7. The van der Waals surface area contributed by atoms with Crippen molar-refractivity contribution >= 4 is 16.7 Å². The SMILES string of the molecule is O=C1COCCN1CC(O)c1ccc2ccccc2c1. The van der Waals surface area contributed by atoms with E-state index < -0.39 is 6.10 Å². The third-order valence-corrected chi connectivity index (χ3v) is 3.64. The van der Waals surface area contributed by atoms with Crippen molar-refractivity contribution in [3.63, 3.8) is 0 Å². The smallest absolute Gasteiger partial charge is 0.248 e. The molecule has 0 spiro atoms. The van der Waals surface area contributed by atoms with Crippen LogP contribution in [0, 0.1) is 0 Å². The van der Waals surface area contributed by atoms with Crippen LogP contribution in [0.3, 0.4) is 0 Å². The number of hydrogen-bond donors (Lipinski definition) is 1. The topological polar surface area (TPSA) is 49.8 Å². The molecule has 1 unspecified atom stereocenters. The molecule has 1 heterocycles. The zero-order valence-electron chi connectivity index (χ0n) is 11.2. The van der Waals surface area contributed by atoms with Crippen molar-refractivity contribution in [3.8, 4) is 0 Å². The number of nitrogens with zero attached hydrogens (tertiary/aromatic N) is 1. The van der Waals surface area contributed by atoms with E-state index in [1.807, 2.05) is 42.5 Å². The van der Waals surface area contributed by atoms with Crippen LogP contribution in [-0.2, 0) is 9.53 Å². The number of benzene rings is 2. The maximum Gasteiger partial charge on any atom is 0.248 e. The Morgan fingerprint density at radius 2 is 2.00 bits per heavy atom. The Labute approximate surface area is 117 Å². The lowest BCUT2D eigenvalue weighted by atomic mass is 10.0. The molecule has 1 N–H and O–H groups in total. The van der Waals surface area contributed by atoms with Crippen molar-refractivity contribution < 1.29 is 14.6 Å². The molecule has 0 aliphatic carbocycles. The van der Waals surface area contributed by atoms with E-state index in [1.165, 1.54) is 0 Å². The van der Waals surface area contributed by atoms with Gasteiger partial charge in [0.2, 0.25) is 5.91 Å². The summed E-state index contributed by atoms with van der Waals surface area (Å²) in [6, 6.07) is 13.9. The monoisotopic (exact) mass is 271 g/mol. The Morgan fingerprint density at radius 3 is 2.80 bits per heavy atom. The molecule has 1 atom stereocenters. The molecule has 4 heteroatoms. The van der Waals surface area contributed by atoms with Crippen LogP contribution in [0.1, 0.15) is 11.7 Å². The third kappa shape index (κ3) is 2.66. The predicted molar refractivity (Wildman–Crippen MR) is 76.3 cm³/mol. The molecule has 4 nitrogen and oxygen atoms in total. The lowest BCUT2D eigenvalue weighted by Crippen LogP contribution is -2.43. The summed E-state index contributed by atoms with van der Waals surface area (Å²) in [6.07, 6.45) is -0.665. The average molecular weight is 271 g/mol. The van der Waals surface area contributed by atoms with E-state index in [9.17, 15) is 9.90 Å². The number of hydrogen-bond acceptors (Lipinski definition) is 3. The normalized spacial score (nSPS) is 17.4. The zero-order valence-corrected chi connectivity index (χ0v) is 11.2. The molecule has 104 valence electrons. The van der Waals surface area contributed by atoms with E-state index in [0.717, 1.165) is 16.3 Å². The quantitative estimate of drug-likeness (QED) is 0.925. The number of ether oxygens (including phenoxy) is 1. The summed E-state index contributed by atoms with van der Waals surface area (Å²) >= 11 is 0. The number of aliphatic hydroxyl groups is 1. The maximum atomic E-state index is 11.7. The van der Waals surface area contributed by atoms with Crippen molar-refractivity contribution in [2.45, 2.75) is 6.10 Å². The van der Waals surface area contributed by atoms with E-state index in [2.05, 4.69) is 0 Å². The third-order valence-electron chi connectivity index (χ3n) is 3.64. The number of carbonyl (C=O) groups is 1. The summed E-state index contributed by atoms with van der Waals surface area (Å²) in [4.78, 5) is 13.3. The molecule has 3 rings (SSSR count). The fraction of sp³-hybridized carbons (Fsp3) is 0.312. The van der Waals surface area contributed by atoms with Crippen LogP contribution in [-0.4, -0.2) is 42.2 Å². The molecular formula is C16H17NO3. The molecule has 2 aromatic rings. The van der Waals surface area contributed by atoms with Crippen molar-refractivity contribution in [1.82, 2.24) is 4.90 Å². The molecule has 0 bridgehead atoms. The lowest BCUT2D eigenvalue weighted by Gasteiger charge is -2.28.